The van der Waals surface area contributed by atoms with Gasteiger partial charge in [0.1, 0.15) is 17.4 Å². The van der Waals surface area contributed by atoms with Crippen molar-refractivity contribution in [1.29, 1.82) is 0 Å². The van der Waals surface area contributed by atoms with Crippen LogP contribution in [0.4, 0.5) is 17.6 Å². The van der Waals surface area contributed by atoms with Crippen molar-refractivity contribution in [2.24, 2.45) is 5.41 Å². The summed E-state index contributed by atoms with van der Waals surface area (Å²) in [6, 6.07) is 6.91. The zero-order valence-corrected chi connectivity index (χ0v) is 20.7. The first kappa shape index (κ1) is 26.4. The standard InChI is InChI=1S/C28H32F4N2O2/c1-18(12-19-13-20(29)14-24(30)27(19)32)34-10-8-28(17-35,9-11-34)7-3-4-22-23-15-21(36-2)5-6-26(23)33-16-25(22)31/h5-6,13-16,18,35H,3-4,7-12,17H2,1-2H3. The molecule has 2 aromatic carbocycles. The van der Waals surface area contributed by atoms with Crippen molar-refractivity contribution < 1.29 is 27.4 Å². The van der Waals surface area contributed by atoms with Gasteiger partial charge in [0, 0.05) is 24.1 Å². The molecule has 2 heterocycles. The molecule has 0 bridgehead atoms. The lowest BCUT2D eigenvalue weighted by atomic mass is 9.74. The van der Waals surface area contributed by atoms with Crippen LogP contribution in [-0.2, 0) is 12.8 Å². The van der Waals surface area contributed by atoms with Crippen molar-refractivity contribution in [2.45, 2.75) is 51.5 Å². The van der Waals surface area contributed by atoms with Crippen LogP contribution in [-0.4, -0.2) is 47.8 Å². The minimum Gasteiger partial charge on any atom is -0.497 e. The number of likely N-dealkylation sites (tertiary alicyclic amines) is 1. The molecule has 4 nitrogen and oxygen atoms in total. The zero-order chi connectivity index (χ0) is 25.9. The van der Waals surface area contributed by atoms with Crippen molar-refractivity contribution in [3.63, 3.8) is 0 Å². The van der Waals surface area contributed by atoms with E-state index in [4.69, 9.17) is 4.74 Å². The highest BCUT2D eigenvalue weighted by atomic mass is 19.2. The molecule has 4 rings (SSSR count). The minimum absolute atomic E-state index is 0.0298. The Labute approximate surface area is 208 Å². The molecule has 0 radical (unpaired) electrons. The molecule has 0 spiro atoms. The van der Waals surface area contributed by atoms with Crippen LogP contribution in [0.25, 0.3) is 10.9 Å². The molecule has 1 unspecified atom stereocenters. The second-order valence-corrected chi connectivity index (χ2v) is 9.93. The van der Waals surface area contributed by atoms with Gasteiger partial charge >= 0.3 is 0 Å². The van der Waals surface area contributed by atoms with E-state index in [1.165, 1.54) is 6.20 Å². The molecule has 194 valence electrons. The normalized spacial score (nSPS) is 16.9. The number of aliphatic hydroxyl groups is 1. The van der Waals surface area contributed by atoms with Gasteiger partial charge in [0.2, 0.25) is 0 Å². The number of hydrogen-bond donors (Lipinski definition) is 1. The lowest BCUT2D eigenvalue weighted by Gasteiger charge is -2.43. The van der Waals surface area contributed by atoms with E-state index in [-0.39, 0.29) is 35.9 Å². The Kier molecular flexibility index (Phi) is 8.15. The molecule has 1 N–H and O–H groups in total. The third-order valence-corrected chi connectivity index (χ3v) is 7.67. The first-order valence-corrected chi connectivity index (χ1v) is 12.3. The first-order valence-electron chi connectivity index (χ1n) is 12.3. The summed E-state index contributed by atoms with van der Waals surface area (Å²) in [4.78, 5) is 6.34. The molecule has 0 aliphatic carbocycles. The van der Waals surface area contributed by atoms with Gasteiger partial charge in [-0.3, -0.25) is 4.98 Å². The Morgan fingerprint density at radius 2 is 1.83 bits per heavy atom. The largest absolute Gasteiger partial charge is 0.497 e. The van der Waals surface area contributed by atoms with E-state index in [2.05, 4.69) is 9.88 Å². The Hall–Kier alpha value is -2.71. The number of halogens is 4. The summed E-state index contributed by atoms with van der Waals surface area (Å²) in [5.74, 6) is -2.67. The summed E-state index contributed by atoms with van der Waals surface area (Å²) in [5.41, 5.74) is 1.06. The predicted octanol–water partition coefficient (Wildman–Crippen LogP) is 5.83. The maximum Gasteiger partial charge on any atom is 0.162 e. The summed E-state index contributed by atoms with van der Waals surface area (Å²) >= 11 is 0. The minimum atomic E-state index is -1.17. The van der Waals surface area contributed by atoms with Gasteiger partial charge in [-0.2, -0.15) is 0 Å². The number of benzene rings is 2. The van der Waals surface area contributed by atoms with Crippen molar-refractivity contribution in [3.05, 3.63) is 70.9 Å². The SMILES string of the molecule is COc1ccc2ncc(F)c(CCCC3(CO)CCN(C(C)Cc4cc(F)cc(F)c4F)CC3)c2c1. The van der Waals surface area contributed by atoms with Gasteiger partial charge in [-0.05, 0) is 99.3 Å². The second kappa shape index (κ2) is 11.1. The molecular weight excluding hydrogens is 472 g/mol. The average Bonchev–Trinajstić information content (AvgIpc) is 2.88. The van der Waals surface area contributed by atoms with Crippen molar-refractivity contribution >= 4 is 10.9 Å². The molecule has 1 aliphatic rings. The lowest BCUT2D eigenvalue weighted by molar-refractivity contribution is 0.0226. The highest BCUT2D eigenvalue weighted by Gasteiger charge is 2.35. The number of ether oxygens (including phenoxy) is 1. The number of hydrogen-bond acceptors (Lipinski definition) is 4. The summed E-state index contributed by atoms with van der Waals surface area (Å²) in [5, 5.41) is 11.0. The Balaban J connectivity index is 1.37. The van der Waals surface area contributed by atoms with E-state index in [0.717, 1.165) is 30.7 Å². The van der Waals surface area contributed by atoms with Crippen LogP contribution in [0.2, 0.25) is 0 Å². The van der Waals surface area contributed by atoms with Gasteiger partial charge in [0.15, 0.2) is 11.6 Å². The summed E-state index contributed by atoms with van der Waals surface area (Å²) in [6.45, 7) is 3.32. The molecule has 1 saturated heterocycles. The molecule has 3 aromatic rings. The molecule has 1 aliphatic heterocycles. The molecule has 0 saturated carbocycles. The van der Waals surface area contributed by atoms with Gasteiger partial charge in [-0.15, -0.1) is 0 Å². The van der Waals surface area contributed by atoms with E-state index in [9.17, 15) is 22.7 Å². The zero-order valence-electron chi connectivity index (χ0n) is 20.7. The monoisotopic (exact) mass is 504 g/mol. The lowest BCUT2D eigenvalue weighted by Crippen LogP contribution is -2.46. The number of pyridine rings is 1. The van der Waals surface area contributed by atoms with E-state index in [1.807, 2.05) is 13.0 Å². The number of rotatable bonds is 9. The Bertz CT molecular complexity index is 1210. The van der Waals surface area contributed by atoms with Gasteiger partial charge in [-0.1, -0.05) is 0 Å². The molecule has 36 heavy (non-hydrogen) atoms. The number of methoxy groups -OCH3 is 1. The first-order chi connectivity index (χ1) is 17.2. The maximum absolute atomic E-state index is 14.7. The number of nitrogens with zero attached hydrogens (tertiary/aromatic N) is 2. The average molecular weight is 505 g/mol. The number of aromatic nitrogens is 1. The summed E-state index contributed by atoms with van der Waals surface area (Å²) < 4.78 is 61.2. The molecule has 1 fully saturated rings. The van der Waals surface area contributed by atoms with Crippen molar-refractivity contribution in [1.82, 2.24) is 9.88 Å². The summed E-state index contributed by atoms with van der Waals surface area (Å²) in [6.07, 6.45) is 4.89. The van der Waals surface area contributed by atoms with Crippen LogP contribution < -0.4 is 4.74 Å². The number of aryl methyl sites for hydroxylation is 1. The van der Waals surface area contributed by atoms with Gasteiger partial charge < -0.3 is 14.7 Å². The smallest absolute Gasteiger partial charge is 0.162 e. The number of aliphatic hydroxyl groups excluding tert-OH is 1. The summed E-state index contributed by atoms with van der Waals surface area (Å²) in [7, 11) is 1.57. The Morgan fingerprint density at radius 3 is 2.53 bits per heavy atom. The fourth-order valence-corrected chi connectivity index (χ4v) is 5.35. The predicted molar refractivity (Wildman–Crippen MR) is 131 cm³/mol. The van der Waals surface area contributed by atoms with Crippen LogP contribution >= 0.6 is 0 Å². The van der Waals surface area contributed by atoms with Crippen LogP contribution in [0.5, 0.6) is 5.75 Å². The third-order valence-electron chi connectivity index (χ3n) is 7.67. The van der Waals surface area contributed by atoms with Gasteiger partial charge in [0.25, 0.3) is 0 Å². The van der Waals surface area contributed by atoms with Crippen LogP contribution in [0.3, 0.4) is 0 Å². The quantitative estimate of drug-likeness (QED) is 0.294. The maximum atomic E-state index is 14.7. The van der Waals surface area contributed by atoms with Crippen molar-refractivity contribution in [2.75, 3.05) is 26.8 Å². The fraction of sp³-hybridized carbons (Fsp3) is 0.464. The van der Waals surface area contributed by atoms with Crippen LogP contribution in [0, 0.1) is 28.7 Å². The Morgan fingerprint density at radius 1 is 1.08 bits per heavy atom. The molecular formula is C28H32F4N2O2. The number of piperidine rings is 1. The van der Waals surface area contributed by atoms with E-state index >= 15 is 0 Å². The van der Waals surface area contributed by atoms with Crippen LogP contribution in [0.15, 0.2) is 36.5 Å². The molecule has 1 atom stereocenters. The van der Waals surface area contributed by atoms with E-state index in [0.29, 0.717) is 48.8 Å². The topological polar surface area (TPSA) is 45.6 Å². The molecule has 1 aromatic heterocycles. The third kappa shape index (κ3) is 5.65. The van der Waals surface area contributed by atoms with Crippen molar-refractivity contribution in [3.8, 4) is 5.75 Å². The highest BCUT2D eigenvalue weighted by Crippen LogP contribution is 2.37. The second-order valence-electron chi connectivity index (χ2n) is 9.93. The van der Waals surface area contributed by atoms with Gasteiger partial charge in [-0.25, -0.2) is 17.6 Å². The molecule has 8 heteroatoms. The van der Waals surface area contributed by atoms with Gasteiger partial charge in [0.05, 0.1) is 18.8 Å². The molecule has 0 amide bonds. The van der Waals surface area contributed by atoms with E-state index < -0.39 is 17.5 Å². The van der Waals surface area contributed by atoms with Crippen LogP contribution in [0.1, 0.15) is 43.7 Å². The fourth-order valence-electron chi connectivity index (χ4n) is 5.35. The highest BCUT2D eigenvalue weighted by molar-refractivity contribution is 5.83. The van der Waals surface area contributed by atoms with E-state index in [1.54, 1.807) is 19.2 Å². The number of fused-ring (bicyclic) bond motifs is 1.